The van der Waals surface area contributed by atoms with Crippen molar-refractivity contribution in [2.24, 2.45) is 7.05 Å². The molecule has 2 rings (SSSR count). The fraction of sp³-hybridized carbons (Fsp3) is 0.167. The van der Waals surface area contributed by atoms with Gasteiger partial charge in [0.05, 0.1) is 11.9 Å². The van der Waals surface area contributed by atoms with Crippen LogP contribution in [0.1, 0.15) is 16.1 Å². The van der Waals surface area contributed by atoms with Crippen molar-refractivity contribution in [3.05, 3.63) is 40.7 Å². The van der Waals surface area contributed by atoms with Crippen molar-refractivity contribution in [2.45, 2.75) is 6.92 Å². The molecule has 0 atom stereocenters. The average molecular weight is 265 g/mol. The van der Waals surface area contributed by atoms with Gasteiger partial charge in [-0.15, -0.1) is 0 Å². The van der Waals surface area contributed by atoms with E-state index < -0.39 is 0 Å². The van der Waals surface area contributed by atoms with Gasteiger partial charge in [-0.2, -0.15) is 5.10 Å². The highest BCUT2D eigenvalue weighted by atomic mass is 35.5. The highest BCUT2D eigenvalue weighted by molar-refractivity contribution is 6.30. The quantitative estimate of drug-likeness (QED) is 0.873. The first-order chi connectivity index (χ1) is 8.49. The Balaban J connectivity index is 2.27. The second-order valence-electron chi connectivity index (χ2n) is 3.99. The highest BCUT2D eigenvalue weighted by Gasteiger charge is 2.15. The Labute approximate surface area is 110 Å². The van der Waals surface area contributed by atoms with Crippen molar-refractivity contribution < 1.29 is 4.79 Å². The Kier molecular flexibility index (Phi) is 3.25. The molecule has 0 unspecified atom stereocenters. The van der Waals surface area contributed by atoms with E-state index in [1.165, 1.54) is 10.9 Å². The van der Waals surface area contributed by atoms with Crippen molar-refractivity contribution >= 4 is 28.9 Å². The molecular weight excluding hydrogens is 252 g/mol. The van der Waals surface area contributed by atoms with Crippen LogP contribution in [0, 0.1) is 6.92 Å². The monoisotopic (exact) mass is 264 g/mol. The number of halogens is 1. The van der Waals surface area contributed by atoms with Crippen LogP contribution >= 0.6 is 11.6 Å². The zero-order valence-corrected chi connectivity index (χ0v) is 10.8. The van der Waals surface area contributed by atoms with Crippen molar-refractivity contribution in [1.82, 2.24) is 9.78 Å². The molecule has 0 aliphatic rings. The minimum absolute atomic E-state index is 0.294. The second kappa shape index (κ2) is 4.70. The summed E-state index contributed by atoms with van der Waals surface area (Å²) in [5, 5.41) is 7.34. The molecule has 0 radical (unpaired) electrons. The number of rotatable bonds is 2. The number of hydrogen-bond acceptors (Lipinski definition) is 3. The number of benzene rings is 1. The van der Waals surface area contributed by atoms with E-state index in [2.05, 4.69) is 10.4 Å². The van der Waals surface area contributed by atoms with E-state index in [4.69, 9.17) is 17.3 Å². The number of nitrogens with two attached hydrogens (primary N) is 1. The van der Waals surface area contributed by atoms with Crippen LogP contribution in [0.4, 0.5) is 11.4 Å². The maximum atomic E-state index is 12.1. The van der Waals surface area contributed by atoms with Gasteiger partial charge >= 0.3 is 0 Å². The summed E-state index contributed by atoms with van der Waals surface area (Å²) in [7, 11) is 1.67. The number of aryl methyl sites for hydroxylation is 2. The van der Waals surface area contributed by atoms with Gasteiger partial charge in [-0.1, -0.05) is 11.6 Å². The summed E-state index contributed by atoms with van der Waals surface area (Å²) in [6.45, 7) is 1.87. The van der Waals surface area contributed by atoms with Gasteiger partial charge in [-0.25, -0.2) is 0 Å². The van der Waals surface area contributed by atoms with Crippen molar-refractivity contribution in [2.75, 3.05) is 11.1 Å². The molecule has 1 aromatic carbocycles. The van der Waals surface area contributed by atoms with Gasteiger partial charge in [0.15, 0.2) is 0 Å². The van der Waals surface area contributed by atoms with E-state index in [9.17, 15) is 4.79 Å². The lowest BCUT2D eigenvalue weighted by atomic mass is 10.2. The lowest BCUT2D eigenvalue weighted by molar-refractivity contribution is 0.101. The van der Waals surface area contributed by atoms with Crippen LogP contribution in [0.25, 0.3) is 0 Å². The molecule has 0 aliphatic carbocycles. The lowest BCUT2D eigenvalue weighted by Crippen LogP contribution is -2.18. The molecule has 0 spiro atoms. The normalized spacial score (nSPS) is 10.4. The lowest BCUT2D eigenvalue weighted by Gasteiger charge is -2.09. The first-order valence-corrected chi connectivity index (χ1v) is 5.72. The summed E-state index contributed by atoms with van der Waals surface area (Å²) in [6, 6.07) is 5.25. The zero-order chi connectivity index (χ0) is 13.3. The number of aromatic nitrogens is 2. The molecule has 5 nitrogen and oxygen atoms in total. The number of nitrogens with zero attached hydrogens (tertiary/aromatic N) is 2. The molecule has 0 bridgehead atoms. The minimum Gasteiger partial charge on any atom is -0.396 e. The van der Waals surface area contributed by atoms with Gasteiger partial charge in [0.1, 0.15) is 5.69 Å². The predicted molar refractivity (Wildman–Crippen MR) is 71.8 cm³/mol. The first-order valence-electron chi connectivity index (χ1n) is 5.34. The van der Waals surface area contributed by atoms with Crippen LogP contribution in [0.5, 0.6) is 0 Å². The smallest absolute Gasteiger partial charge is 0.276 e. The summed E-state index contributed by atoms with van der Waals surface area (Å²) in [6.07, 6.45) is 1.45. The van der Waals surface area contributed by atoms with Crippen LogP contribution in [0.2, 0.25) is 5.02 Å². The van der Waals surface area contributed by atoms with Gasteiger partial charge in [0.2, 0.25) is 0 Å². The van der Waals surface area contributed by atoms with Gasteiger partial charge in [-0.3, -0.25) is 9.48 Å². The van der Waals surface area contributed by atoms with Crippen LogP contribution in [0.15, 0.2) is 24.4 Å². The molecule has 94 valence electrons. The van der Waals surface area contributed by atoms with E-state index >= 15 is 0 Å². The van der Waals surface area contributed by atoms with Crippen LogP contribution in [-0.2, 0) is 7.05 Å². The Morgan fingerprint density at radius 1 is 1.50 bits per heavy atom. The average Bonchev–Trinajstić information content (AvgIpc) is 2.62. The summed E-state index contributed by atoms with van der Waals surface area (Å²) < 4.78 is 1.44. The molecule has 1 amide bonds. The molecule has 0 aliphatic heterocycles. The topological polar surface area (TPSA) is 72.9 Å². The third-order valence-corrected chi connectivity index (χ3v) is 2.85. The fourth-order valence-corrected chi connectivity index (χ4v) is 1.91. The molecule has 1 heterocycles. The molecule has 0 saturated carbocycles. The summed E-state index contributed by atoms with van der Waals surface area (Å²) in [4.78, 5) is 12.1. The first kappa shape index (κ1) is 12.4. The van der Waals surface area contributed by atoms with E-state index in [1.807, 2.05) is 6.92 Å². The van der Waals surface area contributed by atoms with Crippen LogP contribution in [-0.4, -0.2) is 15.7 Å². The van der Waals surface area contributed by atoms with Crippen molar-refractivity contribution in [3.8, 4) is 0 Å². The number of amides is 1. The fourth-order valence-electron chi connectivity index (χ4n) is 1.68. The Hall–Kier alpha value is -2.01. The SMILES string of the molecule is Cc1cc(Cl)ccc1NC(=O)c1c(N)cnn1C. The third-order valence-electron chi connectivity index (χ3n) is 2.62. The molecule has 18 heavy (non-hydrogen) atoms. The number of carbonyl (C=O) groups excluding carboxylic acids is 1. The van der Waals surface area contributed by atoms with Crippen molar-refractivity contribution in [3.63, 3.8) is 0 Å². The van der Waals surface area contributed by atoms with Crippen LogP contribution in [0.3, 0.4) is 0 Å². The van der Waals surface area contributed by atoms with E-state index in [0.717, 1.165) is 5.56 Å². The minimum atomic E-state index is -0.294. The Bertz CT molecular complexity index is 587. The molecular formula is C12H13ClN4O. The molecule has 6 heteroatoms. The Morgan fingerprint density at radius 2 is 2.22 bits per heavy atom. The van der Waals surface area contributed by atoms with Crippen molar-refractivity contribution in [1.29, 1.82) is 0 Å². The van der Waals surface area contributed by atoms with E-state index in [1.54, 1.807) is 25.2 Å². The number of hydrogen-bond donors (Lipinski definition) is 2. The second-order valence-corrected chi connectivity index (χ2v) is 4.42. The third kappa shape index (κ3) is 2.31. The Morgan fingerprint density at radius 3 is 2.78 bits per heavy atom. The van der Waals surface area contributed by atoms with E-state index in [-0.39, 0.29) is 5.91 Å². The maximum absolute atomic E-state index is 12.1. The summed E-state index contributed by atoms with van der Waals surface area (Å²) in [5.74, 6) is -0.294. The molecule has 0 saturated heterocycles. The number of nitrogen functional groups attached to an aromatic ring is 1. The zero-order valence-electron chi connectivity index (χ0n) is 10.1. The summed E-state index contributed by atoms with van der Waals surface area (Å²) in [5.41, 5.74) is 7.96. The van der Waals surface area contributed by atoms with Gasteiger partial charge in [0, 0.05) is 17.8 Å². The largest absolute Gasteiger partial charge is 0.396 e. The highest BCUT2D eigenvalue weighted by Crippen LogP contribution is 2.21. The van der Waals surface area contributed by atoms with Gasteiger partial charge in [0.25, 0.3) is 5.91 Å². The number of anilines is 2. The van der Waals surface area contributed by atoms with Gasteiger partial charge in [-0.05, 0) is 30.7 Å². The molecule has 3 N–H and O–H groups in total. The molecule has 2 aromatic rings. The predicted octanol–water partition coefficient (Wildman–Crippen LogP) is 2.22. The molecule has 1 aromatic heterocycles. The van der Waals surface area contributed by atoms with Gasteiger partial charge < -0.3 is 11.1 Å². The van der Waals surface area contributed by atoms with Crippen LogP contribution < -0.4 is 11.1 Å². The van der Waals surface area contributed by atoms with E-state index in [0.29, 0.717) is 22.1 Å². The molecule has 0 fully saturated rings. The summed E-state index contributed by atoms with van der Waals surface area (Å²) >= 11 is 5.86. The standard InChI is InChI=1S/C12H13ClN4O/c1-7-5-8(13)3-4-10(7)16-12(18)11-9(14)6-15-17(11)2/h3-6H,14H2,1-2H3,(H,16,18). The number of carbonyl (C=O) groups is 1. The maximum Gasteiger partial charge on any atom is 0.276 e. The number of nitrogens with one attached hydrogen (secondary N) is 1.